The van der Waals surface area contributed by atoms with Crippen LogP contribution in [0.4, 0.5) is 0 Å². The standard InChI is InChI=1S/C12H16O4/c1-15-11(14)3-2-5-12-6-4-10(16-12)7-9(13)8-12/h4,6,10H,2-3,5,7-8H2,1H3. The molecule has 2 rings (SSSR count). The molecule has 2 atom stereocenters. The highest BCUT2D eigenvalue weighted by atomic mass is 16.5. The van der Waals surface area contributed by atoms with Crippen molar-refractivity contribution >= 4 is 11.8 Å². The van der Waals surface area contributed by atoms with Crippen LogP contribution in [0.5, 0.6) is 0 Å². The van der Waals surface area contributed by atoms with E-state index in [4.69, 9.17) is 4.74 Å². The van der Waals surface area contributed by atoms with Gasteiger partial charge in [-0.3, -0.25) is 9.59 Å². The van der Waals surface area contributed by atoms with Gasteiger partial charge in [0.1, 0.15) is 5.78 Å². The number of carbonyl (C=O) groups excluding carboxylic acids is 2. The maximum atomic E-state index is 11.5. The number of hydrogen-bond donors (Lipinski definition) is 0. The molecule has 88 valence electrons. The first-order valence-corrected chi connectivity index (χ1v) is 5.59. The summed E-state index contributed by atoms with van der Waals surface area (Å²) in [6.45, 7) is 0. The molecule has 0 saturated carbocycles. The fraction of sp³-hybridized carbons (Fsp3) is 0.667. The van der Waals surface area contributed by atoms with Gasteiger partial charge in [-0.25, -0.2) is 0 Å². The molecule has 2 unspecified atom stereocenters. The minimum Gasteiger partial charge on any atom is -0.469 e. The van der Waals surface area contributed by atoms with Gasteiger partial charge in [-0.15, -0.1) is 0 Å². The van der Waals surface area contributed by atoms with Crippen molar-refractivity contribution < 1.29 is 19.1 Å². The van der Waals surface area contributed by atoms with Crippen molar-refractivity contribution in [3.05, 3.63) is 12.2 Å². The van der Waals surface area contributed by atoms with Crippen molar-refractivity contribution in [1.29, 1.82) is 0 Å². The third-order valence-corrected chi connectivity index (χ3v) is 3.13. The first kappa shape index (κ1) is 11.3. The molecular weight excluding hydrogens is 208 g/mol. The maximum absolute atomic E-state index is 11.5. The number of Topliss-reactive ketones (excluding diaryl/α,β-unsaturated/α-hetero) is 1. The second kappa shape index (κ2) is 4.37. The molecule has 1 saturated heterocycles. The fourth-order valence-corrected chi connectivity index (χ4v) is 2.37. The van der Waals surface area contributed by atoms with Gasteiger partial charge in [0.05, 0.1) is 18.8 Å². The molecular formula is C12H16O4. The van der Waals surface area contributed by atoms with E-state index in [1.54, 1.807) is 0 Å². The van der Waals surface area contributed by atoms with Gasteiger partial charge in [0.15, 0.2) is 0 Å². The minimum absolute atomic E-state index is 0.0422. The Balaban J connectivity index is 1.86. The highest BCUT2D eigenvalue weighted by molar-refractivity contribution is 5.82. The number of ketones is 1. The van der Waals surface area contributed by atoms with Crippen LogP contribution in [0.3, 0.4) is 0 Å². The quantitative estimate of drug-likeness (QED) is 0.535. The lowest BCUT2D eigenvalue weighted by Crippen LogP contribution is -2.38. The Bertz CT molecular complexity index is 334. The third kappa shape index (κ3) is 2.32. The van der Waals surface area contributed by atoms with E-state index in [-0.39, 0.29) is 17.9 Å². The molecule has 0 aliphatic carbocycles. The monoisotopic (exact) mass is 224 g/mol. The topological polar surface area (TPSA) is 52.6 Å². The summed E-state index contributed by atoms with van der Waals surface area (Å²) in [5.74, 6) is 0.0383. The van der Waals surface area contributed by atoms with Crippen molar-refractivity contribution in [2.45, 2.75) is 43.8 Å². The molecule has 4 nitrogen and oxygen atoms in total. The average Bonchev–Trinajstić information content (AvgIpc) is 2.54. The van der Waals surface area contributed by atoms with E-state index in [1.165, 1.54) is 7.11 Å². The highest BCUT2D eigenvalue weighted by Crippen LogP contribution is 2.37. The third-order valence-electron chi connectivity index (χ3n) is 3.13. The van der Waals surface area contributed by atoms with Gasteiger partial charge in [0.25, 0.3) is 0 Å². The molecule has 2 aliphatic heterocycles. The molecule has 0 spiro atoms. The van der Waals surface area contributed by atoms with Crippen LogP contribution in [0.15, 0.2) is 12.2 Å². The number of fused-ring (bicyclic) bond motifs is 2. The number of methoxy groups -OCH3 is 1. The van der Waals surface area contributed by atoms with Gasteiger partial charge in [-0.1, -0.05) is 12.2 Å². The van der Waals surface area contributed by atoms with Crippen LogP contribution in [0.2, 0.25) is 0 Å². The fourth-order valence-electron chi connectivity index (χ4n) is 2.37. The number of carbonyl (C=O) groups is 2. The van der Waals surface area contributed by atoms with Crippen molar-refractivity contribution in [1.82, 2.24) is 0 Å². The maximum Gasteiger partial charge on any atom is 0.305 e. The molecule has 0 aromatic rings. The zero-order valence-corrected chi connectivity index (χ0v) is 9.40. The van der Waals surface area contributed by atoms with E-state index in [9.17, 15) is 9.59 Å². The number of ether oxygens (including phenoxy) is 2. The average molecular weight is 224 g/mol. The van der Waals surface area contributed by atoms with Crippen LogP contribution in [-0.4, -0.2) is 30.6 Å². The van der Waals surface area contributed by atoms with Gasteiger partial charge < -0.3 is 9.47 Å². The molecule has 4 heteroatoms. The predicted molar refractivity (Wildman–Crippen MR) is 56.9 cm³/mol. The van der Waals surface area contributed by atoms with Gasteiger partial charge in [0, 0.05) is 19.3 Å². The summed E-state index contributed by atoms with van der Waals surface area (Å²) < 4.78 is 10.4. The van der Waals surface area contributed by atoms with Gasteiger partial charge in [-0.2, -0.15) is 0 Å². The molecule has 2 aliphatic rings. The lowest BCUT2D eigenvalue weighted by atomic mass is 9.90. The largest absolute Gasteiger partial charge is 0.469 e. The van der Waals surface area contributed by atoms with Crippen molar-refractivity contribution in [2.24, 2.45) is 0 Å². The molecule has 0 aromatic carbocycles. The Hall–Kier alpha value is -1.16. The van der Waals surface area contributed by atoms with E-state index >= 15 is 0 Å². The van der Waals surface area contributed by atoms with Crippen LogP contribution in [0, 0.1) is 0 Å². The normalized spacial score (nSPS) is 31.8. The minimum atomic E-state index is -0.436. The molecule has 0 radical (unpaired) electrons. The van der Waals surface area contributed by atoms with Crippen molar-refractivity contribution in [3.8, 4) is 0 Å². The molecule has 2 bridgehead atoms. The molecule has 1 fully saturated rings. The second-order valence-electron chi connectivity index (χ2n) is 4.43. The van der Waals surface area contributed by atoms with E-state index in [1.807, 2.05) is 12.2 Å². The molecule has 0 aromatic heterocycles. The summed E-state index contributed by atoms with van der Waals surface area (Å²) in [6.07, 6.45) is 6.63. The van der Waals surface area contributed by atoms with Crippen molar-refractivity contribution in [2.75, 3.05) is 7.11 Å². The van der Waals surface area contributed by atoms with E-state index in [0.29, 0.717) is 32.1 Å². The zero-order chi connectivity index (χ0) is 11.6. The summed E-state index contributed by atoms with van der Waals surface area (Å²) in [5.41, 5.74) is -0.436. The molecule has 0 amide bonds. The Kier molecular flexibility index (Phi) is 3.10. The molecule has 16 heavy (non-hydrogen) atoms. The van der Waals surface area contributed by atoms with Crippen LogP contribution in [0.25, 0.3) is 0 Å². The zero-order valence-electron chi connectivity index (χ0n) is 9.40. The van der Waals surface area contributed by atoms with Crippen LogP contribution in [0.1, 0.15) is 32.1 Å². The van der Waals surface area contributed by atoms with Gasteiger partial charge >= 0.3 is 5.97 Å². The number of rotatable bonds is 4. The summed E-state index contributed by atoms with van der Waals surface area (Å²) in [7, 11) is 1.38. The van der Waals surface area contributed by atoms with Crippen LogP contribution in [-0.2, 0) is 19.1 Å². The lowest BCUT2D eigenvalue weighted by molar-refractivity contribution is -0.141. The first-order valence-electron chi connectivity index (χ1n) is 5.59. The molecule has 2 heterocycles. The van der Waals surface area contributed by atoms with Gasteiger partial charge in [0.2, 0.25) is 0 Å². The van der Waals surface area contributed by atoms with Crippen LogP contribution < -0.4 is 0 Å². The highest BCUT2D eigenvalue weighted by Gasteiger charge is 2.42. The Labute approximate surface area is 94.6 Å². The van der Waals surface area contributed by atoms with Crippen LogP contribution >= 0.6 is 0 Å². The summed E-state index contributed by atoms with van der Waals surface area (Å²) in [4.78, 5) is 22.4. The number of hydrogen-bond acceptors (Lipinski definition) is 4. The predicted octanol–water partition coefficient (Wildman–Crippen LogP) is 1.39. The van der Waals surface area contributed by atoms with E-state index in [0.717, 1.165) is 0 Å². The van der Waals surface area contributed by atoms with Crippen molar-refractivity contribution in [3.63, 3.8) is 0 Å². The Morgan fingerprint density at radius 2 is 2.50 bits per heavy atom. The summed E-state index contributed by atoms with van der Waals surface area (Å²) in [5, 5.41) is 0. The second-order valence-corrected chi connectivity index (χ2v) is 4.43. The SMILES string of the molecule is COC(=O)CCCC12C=CC(CC(=O)C1)O2. The summed E-state index contributed by atoms with van der Waals surface area (Å²) >= 11 is 0. The Morgan fingerprint density at radius 1 is 1.69 bits per heavy atom. The van der Waals surface area contributed by atoms with E-state index in [2.05, 4.69) is 4.74 Å². The lowest BCUT2D eigenvalue weighted by Gasteiger charge is -2.32. The van der Waals surface area contributed by atoms with E-state index < -0.39 is 5.60 Å². The first-order chi connectivity index (χ1) is 7.63. The summed E-state index contributed by atoms with van der Waals surface area (Å²) in [6, 6.07) is 0. The van der Waals surface area contributed by atoms with Gasteiger partial charge in [-0.05, 0) is 12.8 Å². The number of esters is 1. The smallest absolute Gasteiger partial charge is 0.305 e. The molecule has 0 N–H and O–H groups in total. The Morgan fingerprint density at radius 3 is 3.25 bits per heavy atom.